The SMILES string of the molecule is C.C.CC.CCS(=O)(=O)Cl.ClC=COCOC=CCl.Nc1ccc(C=O)cc1.O=C(Cl)CC(=O)Cl. The van der Waals surface area contributed by atoms with Crippen molar-refractivity contribution in [2.45, 2.75) is 42.0 Å². The Morgan fingerprint density at radius 1 is 0.943 bits per heavy atom. The van der Waals surface area contributed by atoms with Crippen molar-refractivity contribution in [1.82, 2.24) is 0 Å². The van der Waals surface area contributed by atoms with Crippen LogP contribution in [0.4, 0.5) is 5.69 Å². The molecule has 35 heavy (non-hydrogen) atoms. The molecule has 0 aliphatic carbocycles. The minimum Gasteiger partial charge on any atom is -0.464 e. The molecule has 8 nitrogen and oxygen atoms in total. The number of nitrogens with two attached hydrogens (primary N) is 1. The molecule has 2 N–H and O–H groups in total. The van der Waals surface area contributed by atoms with Crippen molar-refractivity contribution in [3.63, 3.8) is 0 Å². The lowest BCUT2D eigenvalue weighted by Gasteiger charge is -1.96. The average Bonchev–Trinajstić information content (AvgIpc) is 2.75. The van der Waals surface area contributed by atoms with Gasteiger partial charge in [-0.1, -0.05) is 58.8 Å². The van der Waals surface area contributed by atoms with Gasteiger partial charge in [0.05, 0.1) is 24.7 Å². The molecule has 0 aliphatic rings. The number of anilines is 1. The zero-order valence-corrected chi connectivity index (χ0v) is 22.6. The number of benzene rings is 1. The molecule has 0 unspecified atom stereocenters. The molecule has 1 aromatic rings. The van der Waals surface area contributed by atoms with E-state index in [-0.39, 0.29) is 33.8 Å². The van der Waals surface area contributed by atoms with Gasteiger partial charge in [-0.25, -0.2) is 8.42 Å². The van der Waals surface area contributed by atoms with Crippen LogP contribution in [0.25, 0.3) is 0 Å². The number of carbonyl (C=O) groups excluding carboxylic acids is 3. The topological polar surface area (TPSA) is 130 Å². The average molecular weight is 622 g/mol. The van der Waals surface area contributed by atoms with Crippen molar-refractivity contribution in [3.05, 3.63) is 53.4 Å². The number of aldehydes is 1. The second-order valence-electron chi connectivity index (χ2n) is 4.47. The van der Waals surface area contributed by atoms with Crippen molar-refractivity contribution in [2.24, 2.45) is 0 Å². The lowest BCUT2D eigenvalue weighted by atomic mass is 10.2. The van der Waals surface area contributed by atoms with Crippen LogP contribution < -0.4 is 5.73 Å². The summed E-state index contributed by atoms with van der Waals surface area (Å²) in [5.74, 6) is 0.00849. The zero-order chi connectivity index (χ0) is 26.7. The smallest absolute Gasteiger partial charge is 0.232 e. The summed E-state index contributed by atoms with van der Waals surface area (Å²) in [4.78, 5) is 29.5. The summed E-state index contributed by atoms with van der Waals surface area (Å²) in [5, 5.41) is -1.44. The van der Waals surface area contributed by atoms with Gasteiger partial charge >= 0.3 is 0 Å². The fourth-order valence-corrected chi connectivity index (χ4v) is 1.33. The second-order valence-corrected chi connectivity index (χ2v) is 8.89. The van der Waals surface area contributed by atoms with Crippen LogP contribution in [0, 0.1) is 0 Å². The van der Waals surface area contributed by atoms with Crippen LogP contribution in [0.5, 0.6) is 0 Å². The molecule has 1 aromatic carbocycles. The molecular weight excluding hydrogens is 588 g/mol. The highest BCUT2D eigenvalue weighted by molar-refractivity contribution is 8.13. The van der Waals surface area contributed by atoms with Gasteiger partial charge in [-0.3, -0.25) is 14.4 Å². The predicted octanol–water partition coefficient (Wildman–Crippen LogP) is 7.26. The summed E-state index contributed by atoms with van der Waals surface area (Å²) in [6, 6.07) is 6.76. The third kappa shape index (κ3) is 54.8. The van der Waals surface area contributed by atoms with Crippen molar-refractivity contribution in [1.29, 1.82) is 0 Å². The lowest BCUT2D eigenvalue weighted by Crippen LogP contribution is -1.92. The Morgan fingerprint density at radius 2 is 1.29 bits per heavy atom. The molecule has 0 atom stereocenters. The fraction of sp³-hybridized carbons (Fsp3) is 0.381. The Morgan fingerprint density at radius 3 is 1.49 bits per heavy atom. The zero-order valence-electron chi connectivity index (χ0n) is 18.1. The predicted molar refractivity (Wildman–Crippen MR) is 150 cm³/mol. The van der Waals surface area contributed by atoms with Crippen LogP contribution in [0.15, 0.2) is 47.9 Å². The van der Waals surface area contributed by atoms with Gasteiger partial charge in [0.15, 0.2) is 0 Å². The van der Waals surface area contributed by atoms with Gasteiger partial charge in [-0.2, -0.15) is 0 Å². The monoisotopic (exact) mass is 619 g/mol. The molecule has 14 heteroatoms. The summed E-state index contributed by atoms with van der Waals surface area (Å²) >= 11 is 19.7. The molecule has 0 heterocycles. The lowest BCUT2D eigenvalue weighted by molar-refractivity contribution is -0.118. The molecule has 0 aromatic heterocycles. The Bertz CT molecular complexity index is 764. The van der Waals surface area contributed by atoms with Gasteiger partial charge in [0.1, 0.15) is 6.29 Å². The third-order valence-electron chi connectivity index (χ3n) is 2.13. The number of hydrogen-bond donors (Lipinski definition) is 1. The Balaban J connectivity index is -0.0000000776. The standard InChI is InChI=1S/C7H7NO.C5H6Cl2O2.C3H2Cl2O2.C2H5ClO2S.C2H6.2CH4/c8-7-3-1-6(5-9)2-4-7;6-1-3-8-5-9-4-2-7;4-2(6)1-3(5)7;1-2-6(3,4)5;1-2;;/h1-5H,8H2;1-4H,5H2;1H2;2H2,1H3;1-2H3;2*1H4. The maximum absolute atomic E-state index is 10.1. The fourth-order valence-electron chi connectivity index (χ4n) is 0.874. The van der Waals surface area contributed by atoms with Crippen LogP contribution in [0.1, 0.15) is 52.4 Å². The number of hydrogen-bond acceptors (Lipinski definition) is 8. The first-order valence-corrected chi connectivity index (χ1v) is 12.9. The highest BCUT2D eigenvalue weighted by Crippen LogP contribution is 2.01. The molecule has 0 saturated carbocycles. The van der Waals surface area contributed by atoms with Crippen molar-refractivity contribution < 1.29 is 32.3 Å². The van der Waals surface area contributed by atoms with Crippen molar-refractivity contribution in [3.8, 4) is 0 Å². The summed E-state index contributed by atoms with van der Waals surface area (Å²) in [5.41, 5.74) is 9.19. The molecule has 1 rings (SSSR count). The molecule has 0 saturated heterocycles. The van der Waals surface area contributed by atoms with E-state index in [1.807, 2.05) is 13.8 Å². The Kier molecular flexibility index (Phi) is 46.4. The van der Waals surface area contributed by atoms with Gasteiger partial charge in [0.25, 0.3) is 0 Å². The second kappa shape index (κ2) is 34.7. The molecular formula is C21H34Cl5NO7S. The van der Waals surface area contributed by atoms with Crippen LogP contribution in [-0.4, -0.2) is 37.7 Å². The first kappa shape index (κ1) is 46.8. The highest BCUT2D eigenvalue weighted by atomic mass is 35.7. The van der Waals surface area contributed by atoms with Gasteiger partial charge in [-0.15, -0.1) is 0 Å². The van der Waals surface area contributed by atoms with E-state index in [2.05, 4.69) is 20.2 Å². The first-order chi connectivity index (χ1) is 15.4. The van der Waals surface area contributed by atoms with Crippen molar-refractivity contribution >= 4 is 88.6 Å². The van der Waals surface area contributed by atoms with E-state index in [4.69, 9.17) is 52.1 Å². The molecule has 0 aliphatic heterocycles. The molecule has 206 valence electrons. The van der Waals surface area contributed by atoms with Gasteiger partial charge < -0.3 is 15.2 Å². The molecule has 0 spiro atoms. The summed E-state index contributed by atoms with van der Waals surface area (Å²) < 4.78 is 28.8. The maximum atomic E-state index is 10.1. The molecule has 0 fully saturated rings. The number of rotatable bonds is 8. The summed E-state index contributed by atoms with van der Waals surface area (Å²) in [7, 11) is 1.50. The van der Waals surface area contributed by atoms with E-state index < -0.39 is 19.5 Å². The number of halogens is 5. The van der Waals surface area contributed by atoms with Crippen LogP contribution in [0.2, 0.25) is 0 Å². The van der Waals surface area contributed by atoms with Gasteiger partial charge in [0.2, 0.25) is 26.3 Å². The third-order valence-corrected chi connectivity index (χ3v) is 3.94. The minimum atomic E-state index is -3.19. The van der Waals surface area contributed by atoms with E-state index in [1.54, 1.807) is 24.3 Å². The van der Waals surface area contributed by atoms with Crippen LogP contribution in [-0.2, 0) is 28.1 Å². The molecule has 0 radical (unpaired) electrons. The normalized spacial score (nSPS) is 8.91. The Labute approximate surface area is 233 Å². The van der Waals surface area contributed by atoms with Gasteiger partial charge in [0, 0.05) is 33.0 Å². The Hall–Kier alpha value is -1.49. The molecule has 0 bridgehead atoms. The first-order valence-electron chi connectivity index (χ1n) is 8.76. The minimum absolute atomic E-state index is 0. The van der Waals surface area contributed by atoms with E-state index in [0.29, 0.717) is 11.3 Å². The number of ether oxygens (including phenoxy) is 2. The molecule has 0 amide bonds. The highest BCUT2D eigenvalue weighted by Gasteiger charge is 2.00. The quantitative estimate of drug-likeness (QED) is 0.0611. The van der Waals surface area contributed by atoms with E-state index in [1.165, 1.54) is 30.5 Å². The van der Waals surface area contributed by atoms with E-state index in [9.17, 15) is 22.8 Å². The van der Waals surface area contributed by atoms with Gasteiger partial charge in [-0.05, 0) is 47.5 Å². The summed E-state index contributed by atoms with van der Waals surface area (Å²) in [6.07, 6.45) is 3.02. The number of nitrogen functional groups attached to an aromatic ring is 1. The van der Waals surface area contributed by atoms with E-state index >= 15 is 0 Å². The van der Waals surface area contributed by atoms with Crippen LogP contribution >= 0.6 is 57.1 Å². The number of carbonyl (C=O) groups is 3. The van der Waals surface area contributed by atoms with Crippen LogP contribution in [0.3, 0.4) is 0 Å². The summed E-state index contributed by atoms with van der Waals surface area (Å²) in [6.45, 7) is 5.61. The van der Waals surface area contributed by atoms with E-state index in [0.717, 1.165) is 6.29 Å². The maximum Gasteiger partial charge on any atom is 0.232 e. The largest absolute Gasteiger partial charge is 0.464 e. The van der Waals surface area contributed by atoms with Crippen molar-refractivity contribution in [2.75, 3.05) is 18.3 Å².